The van der Waals surface area contributed by atoms with E-state index in [2.05, 4.69) is 31.2 Å². The summed E-state index contributed by atoms with van der Waals surface area (Å²) in [7, 11) is 0. The first-order valence-electron chi connectivity index (χ1n) is 7.50. The molecular weight excluding hydrogens is 262 g/mol. The molecule has 21 heavy (non-hydrogen) atoms. The lowest BCUT2D eigenvalue weighted by Crippen LogP contribution is -2.20. The van der Waals surface area contributed by atoms with Gasteiger partial charge in [-0.25, -0.2) is 0 Å². The summed E-state index contributed by atoms with van der Waals surface area (Å²) in [4.78, 5) is 0. The van der Waals surface area contributed by atoms with Crippen LogP contribution in [-0.2, 0) is 12.8 Å². The van der Waals surface area contributed by atoms with Crippen molar-refractivity contribution in [3.05, 3.63) is 59.2 Å². The minimum absolute atomic E-state index is 0.0888. The van der Waals surface area contributed by atoms with Gasteiger partial charge in [-0.1, -0.05) is 43.3 Å². The average Bonchev–Trinajstić information content (AvgIpc) is 2.55. The van der Waals surface area contributed by atoms with Gasteiger partial charge in [0.2, 0.25) is 0 Å². The van der Waals surface area contributed by atoms with E-state index in [0.29, 0.717) is 13.2 Å². The first kappa shape index (κ1) is 14.0. The zero-order chi connectivity index (χ0) is 14.7. The number of rotatable bonds is 4. The Kier molecular flexibility index (Phi) is 4.11. The molecule has 0 aliphatic carbocycles. The molecule has 0 saturated carbocycles. The summed E-state index contributed by atoms with van der Waals surface area (Å²) in [5, 5.41) is 0. The van der Waals surface area contributed by atoms with Crippen molar-refractivity contribution in [3.8, 4) is 11.5 Å². The molecule has 0 radical (unpaired) electrons. The Bertz CT molecular complexity index is 607. The van der Waals surface area contributed by atoms with Gasteiger partial charge in [-0.15, -0.1) is 0 Å². The molecule has 2 aromatic carbocycles. The molecule has 0 aromatic heterocycles. The fraction of sp³-hybridized carbons (Fsp3) is 0.333. The van der Waals surface area contributed by atoms with Crippen LogP contribution in [0.4, 0.5) is 0 Å². The number of aryl methyl sites for hydroxylation is 1. The van der Waals surface area contributed by atoms with Gasteiger partial charge in [-0.3, -0.25) is 0 Å². The summed E-state index contributed by atoms with van der Waals surface area (Å²) < 4.78 is 11.4. The smallest absolute Gasteiger partial charge is 0.166 e. The summed E-state index contributed by atoms with van der Waals surface area (Å²) in [5.74, 6) is 1.61. The van der Waals surface area contributed by atoms with Gasteiger partial charge >= 0.3 is 0 Å². The van der Waals surface area contributed by atoms with Crippen LogP contribution in [0.5, 0.6) is 11.5 Å². The van der Waals surface area contributed by atoms with Crippen LogP contribution < -0.4 is 15.2 Å². The Morgan fingerprint density at radius 1 is 1.00 bits per heavy atom. The second-order valence-corrected chi connectivity index (χ2v) is 5.35. The zero-order valence-electron chi connectivity index (χ0n) is 12.3. The van der Waals surface area contributed by atoms with Crippen LogP contribution in [0, 0.1) is 0 Å². The molecule has 0 fully saturated rings. The van der Waals surface area contributed by atoms with Gasteiger partial charge in [-0.05, 0) is 30.0 Å². The minimum atomic E-state index is -0.0888. The van der Waals surface area contributed by atoms with Crippen molar-refractivity contribution in [2.75, 3.05) is 13.2 Å². The molecule has 1 unspecified atom stereocenters. The lowest BCUT2D eigenvalue weighted by atomic mass is 9.97. The highest BCUT2D eigenvalue weighted by Gasteiger charge is 2.19. The molecule has 0 spiro atoms. The SMILES string of the molecule is CCc1ccc(CC(N)c2cccc3c2OCCO3)cc1. The van der Waals surface area contributed by atoms with E-state index in [-0.39, 0.29) is 6.04 Å². The van der Waals surface area contributed by atoms with Crippen LogP contribution in [0.1, 0.15) is 29.7 Å². The second kappa shape index (κ2) is 6.19. The Morgan fingerprint density at radius 3 is 2.48 bits per heavy atom. The van der Waals surface area contributed by atoms with Crippen molar-refractivity contribution in [1.82, 2.24) is 0 Å². The standard InChI is InChI=1S/C18H21NO2/c1-2-13-6-8-14(9-7-13)12-16(19)15-4-3-5-17-18(15)21-11-10-20-17/h3-9,16H,2,10-12,19H2,1H3. The van der Waals surface area contributed by atoms with E-state index in [1.54, 1.807) is 0 Å². The molecule has 3 rings (SSSR count). The van der Waals surface area contributed by atoms with E-state index >= 15 is 0 Å². The molecule has 110 valence electrons. The third-order valence-corrected chi connectivity index (χ3v) is 3.88. The first-order valence-corrected chi connectivity index (χ1v) is 7.50. The zero-order valence-corrected chi connectivity index (χ0v) is 12.3. The van der Waals surface area contributed by atoms with Gasteiger partial charge in [0.1, 0.15) is 13.2 Å². The lowest BCUT2D eigenvalue weighted by Gasteiger charge is -2.23. The van der Waals surface area contributed by atoms with Crippen molar-refractivity contribution in [2.24, 2.45) is 5.73 Å². The van der Waals surface area contributed by atoms with Crippen LogP contribution in [0.3, 0.4) is 0 Å². The van der Waals surface area contributed by atoms with E-state index in [4.69, 9.17) is 15.2 Å². The normalized spacial score (nSPS) is 14.8. The van der Waals surface area contributed by atoms with Crippen molar-refractivity contribution in [1.29, 1.82) is 0 Å². The van der Waals surface area contributed by atoms with Crippen LogP contribution in [0.25, 0.3) is 0 Å². The molecular formula is C18H21NO2. The van der Waals surface area contributed by atoms with Crippen molar-refractivity contribution >= 4 is 0 Å². The molecule has 1 aliphatic heterocycles. The van der Waals surface area contributed by atoms with E-state index in [1.165, 1.54) is 11.1 Å². The number of hydrogen-bond donors (Lipinski definition) is 1. The number of hydrogen-bond acceptors (Lipinski definition) is 3. The van der Waals surface area contributed by atoms with Crippen LogP contribution in [0.2, 0.25) is 0 Å². The van der Waals surface area contributed by atoms with E-state index in [1.807, 2.05) is 18.2 Å². The van der Waals surface area contributed by atoms with Gasteiger partial charge in [0.15, 0.2) is 11.5 Å². The van der Waals surface area contributed by atoms with Crippen LogP contribution in [-0.4, -0.2) is 13.2 Å². The number of para-hydroxylation sites is 1. The summed E-state index contributed by atoms with van der Waals surface area (Å²) >= 11 is 0. The Hall–Kier alpha value is -2.00. The topological polar surface area (TPSA) is 44.5 Å². The molecule has 2 N–H and O–H groups in total. The molecule has 0 bridgehead atoms. The summed E-state index contributed by atoms with van der Waals surface area (Å²) in [6.45, 7) is 3.35. The van der Waals surface area contributed by atoms with E-state index in [0.717, 1.165) is 29.9 Å². The molecule has 3 nitrogen and oxygen atoms in total. The number of nitrogens with two attached hydrogens (primary N) is 1. The maximum Gasteiger partial charge on any atom is 0.166 e. The molecule has 2 aromatic rings. The first-order chi connectivity index (χ1) is 10.3. The monoisotopic (exact) mass is 283 g/mol. The molecule has 3 heteroatoms. The minimum Gasteiger partial charge on any atom is -0.486 e. The van der Waals surface area contributed by atoms with Gasteiger partial charge < -0.3 is 15.2 Å². The van der Waals surface area contributed by atoms with Crippen molar-refractivity contribution in [2.45, 2.75) is 25.8 Å². The van der Waals surface area contributed by atoms with Gasteiger partial charge in [0.05, 0.1) is 0 Å². The second-order valence-electron chi connectivity index (χ2n) is 5.35. The highest BCUT2D eigenvalue weighted by atomic mass is 16.6. The summed E-state index contributed by atoms with van der Waals surface area (Å²) in [6, 6.07) is 14.5. The van der Waals surface area contributed by atoms with Gasteiger partial charge in [0, 0.05) is 11.6 Å². The predicted octanol–water partition coefficient (Wildman–Crippen LogP) is 3.26. The summed E-state index contributed by atoms with van der Waals surface area (Å²) in [6.07, 6.45) is 1.85. The molecule has 0 amide bonds. The molecule has 1 aliphatic rings. The fourth-order valence-corrected chi connectivity index (χ4v) is 2.66. The molecule has 1 atom stereocenters. The van der Waals surface area contributed by atoms with Crippen molar-refractivity contribution in [3.63, 3.8) is 0 Å². The Labute approximate surface area is 125 Å². The molecule has 0 saturated heterocycles. The molecule has 1 heterocycles. The lowest BCUT2D eigenvalue weighted by molar-refractivity contribution is 0.169. The Balaban J connectivity index is 1.80. The Morgan fingerprint density at radius 2 is 1.71 bits per heavy atom. The highest BCUT2D eigenvalue weighted by molar-refractivity contribution is 5.49. The largest absolute Gasteiger partial charge is 0.486 e. The third-order valence-electron chi connectivity index (χ3n) is 3.88. The van der Waals surface area contributed by atoms with Gasteiger partial charge in [0.25, 0.3) is 0 Å². The van der Waals surface area contributed by atoms with Crippen LogP contribution in [0.15, 0.2) is 42.5 Å². The predicted molar refractivity (Wildman–Crippen MR) is 83.9 cm³/mol. The van der Waals surface area contributed by atoms with E-state index in [9.17, 15) is 0 Å². The number of fused-ring (bicyclic) bond motifs is 1. The average molecular weight is 283 g/mol. The van der Waals surface area contributed by atoms with E-state index < -0.39 is 0 Å². The maximum atomic E-state index is 6.39. The maximum absolute atomic E-state index is 6.39. The summed E-state index contributed by atoms with van der Waals surface area (Å²) in [5.41, 5.74) is 10.00. The third kappa shape index (κ3) is 3.03. The number of benzene rings is 2. The number of ether oxygens (including phenoxy) is 2. The highest BCUT2D eigenvalue weighted by Crippen LogP contribution is 2.37. The quantitative estimate of drug-likeness (QED) is 0.936. The van der Waals surface area contributed by atoms with Crippen LogP contribution >= 0.6 is 0 Å². The van der Waals surface area contributed by atoms with Gasteiger partial charge in [-0.2, -0.15) is 0 Å². The van der Waals surface area contributed by atoms with Crippen molar-refractivity contribution < 1.29 is 9.47 Å². The fourth-order valence-electron chi connectivity index (χ4n) is 2.66.